The van der Waals surface area contributed by atoms with Gasteiger partial charge in [0.2, 0.25) is 0 Å². The van der Waals surface area contributed by atoms with Gasteiger partial charge in [-0.15, -0.1) is 0 Å². The molecule has 0 bridgehead atoms. The maximum atomic E-state index is 13.9. The van der Waals surface area contributed by atoms with Crippen molar-refractivity contribution in [3.05, 3.63) is 65.6 Å². The van der Waals surface area contributed by atoms with E-state index in [0.717, 1.165) is 35.0 Å². The number of nitrogens with two attached hydrogens (primary N) is 1. The number of alkyl halides is 3. The minimum absolute atomic E-state index is 0.358. The molecule has 0 unspecified atom stereocenters. The Balaban J connectivity index is 1.38. The van der Waals surface area contributed by atoms with E-state index >= 15 is 0 Å². The van der Waals surface area contributed by atoms with E-state index in [-0.39, 0.29) is 0 Å². The molecule has 1 saturated carbocycles. The molecule has 1 fully saturated rings. The summed E-state index contributed by atoms with van der Waals surface area (Å²) in [5, 5.41) is 9.63. The van der Waals surface area contributed by atoms with Gasteiger partial charge < -0.3 is 16.4 Å². The number of hydrogen-bond acceptors (Lipinski definition) is 4. The number of pyridine rings is 1. The molecule has 11 heteroatoms. The number of carbonyl (C=O) groups excluding carboxylic acids is 1. The number of urea groups is 1. The molecule has 2 aromatic carbocycles. The van der Waals surface area contributed by atoms with Crippen LogP contribution in [0.5, 0.6) is 0 Å². The molecule has 0 saturated heterocycles. The van der Waals surface area contributed by atoms with Crippen LogP contribution in [0.3, 0.4) is 0 Å². The van der Waals surface area contributed by atoms with Crippen molar-refractivity contribution >= 4 is 34.3 Å². The van der Waals surface area contributed by atoms with Gasteiger partial charge in [0.25, 0.3) is 0 Å². The first kappa shape index (κ1) is 22.6. The van der Waals surface area contributed by atoms with E-state index in [1.807, 2.05) is 6.07 Å². The van der Waals surface area contributed by atoms with Crippen LogP contribution in [0, 0.1) is 5.82 Å². The molecule has 5 rings (SSSR count). The maximum Gasteiger partial charge on any atom is 0.416 e. The van der Waals surface area contributed by atoms with Crippen molar-refractivity contribution in [2.24, 2.45) is 7.05 Å². The highest BCUT2D eigenvalue weighted by atomic mass is 19.4. The van der Waals surface area contributed by atoms with E-state index < -0.39 is 29.3 Å². The Bertz CT molecular complexity index is 1440. The van der Waals surface area contributed by atoms with Crippen molar-refractivity contribution in [2.45, 2.75) is 24.9 Å². The first-order valence-corrected chi connectivity index (χ1v) is 10.8. The molecule has 4 N–H and O–H groups in total. The minimum Gasteiger partial charge on any atom is -0.382 e. The van der Waals surface area contributed by atoms with Crippen molar-refractivity contribution in [1.82, 2.24) is 14.8 Å². The smallest absolute Gasteiger partial charge is 0.382 e. The van der Waals surface area contributed by atoms with Crippen LogP contribution in [0.25, 0.3) is 22.2 Å². The molecule has 180 valence electrons. The van der Waals surface area contributed by atoms with Gasteiger partial charge in [-0.2, -0.15) is 18.3 Å². The van der Waals surface area contributed by atoms with Crippen molar-refractivity contribution in [3.63, 3.8) is 0 Å². The van der Waals surface area contributed by atoms with Crippen LogP contribution in [0.15, 0.2) is 48.5 Å². The third-order valence-electron chi connectivity index (χ3n) is 5.83. The highest BCUT2D eigenvalue weighted by Crippen LogP contribution is 2.42. The van der Waals surface area contributed by atoms with Crippen LogP contribution in [0.4, 0.5) is 39.5 Å². The standard InChI is InChI=1S/C24H20F4N6O/c1-34-22-20(21(29)33-34)16(11-18(31-22)13-2-3-13)12-4-7-15(8-5-12)30-23(35)32-19-10-14(24(26,27)28)6-9-17(19)25/h4-11,13H,2-3H2,1H3,(H2,29,33)(H2,30,32,35). The number of rotatable bonds is 4. The fourth-order valence-corrected chi connectivity index (χ4v) is 3.93. The third-order valence-corrected chi connectivity index (χ3v) is 5.83. The fourth-order valence-electron chi connectivity index (χ4n) is 3.93. The van der Waals surface area contributed by atoms with Gasteiger partial charge in [0.1, 0.15) is 5.82 Å². The second-order valence-electron chi connectivity index (χ2n) is 8.43. The molecular formula is C24H20F4N6O. The van der Waals surface area contributed by atoms with Crippen molar-refractivity contribution in [3.8, 4) is 11.1 Å². The topological polar surface area (TPSA) is 97.9 Å². The van der Waals surface area contributed by atoms with Crippen LogP contribution in [-0.4, -0.2) is 20.8 Å². The zero-order valence-corrected chi connectivity index (χ0v) is 18.4. The second kappa shape index (κ2) is 8.26. The number of nitrogens with one attached hydrogen (secondary N) is 2. The molecule has 1 aliphatic rings. The average Bonchev–Trinajstić information content (AvgIpc) is 3.60. The van der Waals surface area contributed by atoms with Gasteiger partial charge in [-0.1, -0.05) is 12.1 Å². The highest BCUT2D eigenvalue weighted by molar-refractivity contribution is 6.02. The lowest BCUT2D eigenvalue weighted by Gasteiger charge is -2.12. The van der Waals surface area contributed by atoms with Crippen LogP contribution in [-0.2, 0) is 13.2 Å². The minimum atomic E-state index is -4.66. The Hall–Kier alpha value is -4.15. The molecule has 2 aromatic heterocycles. The molecule has 2 amide bonds. The van der Waals surface area contributed by atoms with Crippen LogP contribution < -0.4 is 16.4 Å². The number of amides is 2. The molecule has 0 atom stereocenters. The number of hydrogen-bond donors (Lipinski definition) is 3. The number of nitrogen functional groups attached to an aromatic ring is 1. The number of halogens is 4. The Morgan fingerprint density at radius 3 is 2.46 bits per heavy atom. The largest absolute Gasteiger partial charge is 0.416 e. The summed E-state index contributed by atoms with van der Waals surface area (Å²) in [6.07, 6.45) is -2.50. The SMILES string of the molecule is Cn1nc(N)c2c(-c3ccc(NC(=O)Nc4cc(C(F)(F)F)ccc4F)cc3)cc(C3CC3)nc21. The second-order valence-corrected chi connectivity index (χ2v) is 8.43. The van der Waals surface area contributed by atoms with Crippen molar-refractivity contribution in [1.29, 1.82) is 0 Å². The Morgan fingerprint density at radius 1 is 1.09 bits per heavy atom. The van der Waals surface area contributed by atoms with E-state index in [9.17, 15) is 22.4 Å². The summed E-state index contributed by atoms with van der Waals surface area (Å²) in [5.41, 5.74) is 8.21. The number of nitrogens with zero attached hydrogens (tertiary/aromatic N) is 3. The summed E-state index contributed by atoms with van der Waals surface area (Å²) >= 11 is 0. The van der Waals surface area contributed by atoms with E-state index in [4.69, 9.17) is 10.7 Å². The van der Waals surface area contributed by atoms with Crippen molar-refractivity contribution < 1.29 is 22.4 Å². The predicted molar refractivity (Wildman–Crippen MR) is 124 cm³/mol. The number of benzene rings is 2. The lowest BCUT2D eigenvalue weighted by atomic mass is 10.0. The van der Waals surface area contributed by atoms with Gasteiger partial charge in [0.15, 0.2) is 11.5 Å². The van der Waals surface area contributed by atoms with Gasteiger partial charge in [-0.25, -0.2) is 18.9 Å². The number of anilines is 3. The van der Waals surface area contributed by atoms with Crippen LogP contribution >= 0.6 is 0 Å². The van der Waals surface area contributed by atoms with Gasteiger partial charge in [-0.3, -0.25) is 0 Å². The predicted octanol–water partition coefficient (Wildman–Crippen LogP) is 5.90. The first-order chi connectivity index (χ1) is 16.6. The summed E-state index contributed by atoms with van der Waals surface area (Å²) in [7, 11) is 1.78. The van der Waals surface area contributed by atoms with E-state index in [0.29, 0.717) is 41.3 Å². The Labute approximate surface area is 197 Å². The van der Waals surface area contributed by atoms with Crippen LogP contribution in [0.1, 0.15) is 30.0 Å². The number of aryl methyl sites for hydroxylation is 1. The lowest BCUT2D eigenvalue weighted by molar-refractivity contribution is -0.137. The zero-order valence-electron chi connectivity index (χ0n) is 18.4. The summed E-state index contributed by atoms with van der Waals surface area (Å²) in [4.78, 5) is 17.0. The van der Waals surface area contributed by atoms with E-state index in [1.54, 1.807) is 36.0 Å². The monoisotopic (exact) mass is 484 g/mol. The molecular weight excluding hydrogens is 464 g/mol. The van der Waals surface area contributed by atoms with Gasteiger partial charge >= 0.3 is 12.2 Å². The normalized spacial score (nSPS) is 13.7. The third kappa shape index (κ3) is 4.48. The lowest BCUT2D eigenvalue weighted by Crippen LogP contribution is -2.20. The quantitative estimate of drug-likeness (QED) is 0.314. The molecule has 0 aliphatic heterocycles. The van der Waals surface area contributed by atoms with E-state index in [2.05, 4.69) is 15.7 Å². The number of fused-ring (bicyclic) bond motifs is 1. The summed E-state index contributed by atoms with van der Waals surface area (Å²) < 4.78 is 54.2. The maximum absolute atomic E-state index is 13.9. The summed E-state index contributed by atoms with van der Waals surface area (Å²) in [6, 6.07) is 9.75. The summed E-state index contributed by atoms with van der Waals surface area (Å²) in [6.45, 7) is 0. The van der Waals surface area contributed by atoms with E-state index in [1.165, 1.54) is 0 Å². The van der Waals surface area contributed by atoms with Gasteiger partial charge in [-0.05, 0) is 60.4 Å². The molecule has 0 radical (unpaired) electrons. The summed E-state index contributed by atoms with van der Waals surface area (Å²) in [5.74, 6) is -0.210. The molecule has 35 heavy (non-hydrogen) atoms. The van der Waals surface area contributed by atoms with Crippen molar-refractivity contribution in [2.75, 3.05) is 16.4 Å². The van der Waals surface area contributed by atoms with Gasteiger partial charge in [0, 0.05) is 24.3 Å². The van der Waals surface area contributed by atoms with Crippen LogP contribution in [0.2, 0.25) is 0 Å². The zero-order chi connectivity index (χ0) is 24.9. The molecule has 1 aliphatic carbocycles. The highest BCUT2D eigenvalue weighted by Gasteiger charge is 2.31. The first-order valence-electron chi connectivity index (χ1n) is 10.8. The number of aromatic nitrogens is 3. The Morgan fingerprint density at radius 2 is 1.80 bits per heavy atom. The Kier molecular flexibility index (Phi) is 5.34. The molecule has 0 spiro atoms. The molecule has 7 nitrogen and oxygen atoms in total. The fraction of sp³-hybridized carbons (Fsp3) is 0.208. The molecule has 2 heterocycles. The average molecular weight is 484 g/mol. The molecule has 4 aromatic rings. The van der Waals surface area contributed by atoms with Gasteiger partial charge in [0.05, 0.1) is 16.6 Å². The number of carbonyl (C=O) groups is 1.